The summed E-state index contributed by atoms with van der Waals surface area (Å²) in [6.45, 7) is 1.87. The first kappa shape index (κ1) is 16.4. The molecule has 0 bridgehead atoms. The van der Waals surface area contributed by atoms with Crippen molar-refractivity contribution in [1.82, 2.24) is 0 Å². The van der Waals surface area contributed by atoms with Gasteiger partial charge in [-0.05, 0) is 48.9 Å². The van der Waals surface area contributed by atoms with Crippen LogP contribution in [0.3, 0.4) is 0 Å². The van der Waals surface area contributed by atoms with Gasteiger partial charge in [0, 0.05) is 0 Å². The highest BCUT2D eigenvalue weighted by Crippen LogP contribution is 2.24. The number of hydrogen-bond donors (Lipinski definition) is 0. The maximum absolute atomic E-state index is 11.5. The van der Waals surface area contributed by atoms with Crippen molar-refractivity contribution < 1.29 is 19.1 Å². The van der Waals surface area contributed by atoms with E-state index in [9.17, 15) is 9.59 Å². The Morgan fingerprint density at radius 3 is 2.00 bits per heavy atom. The van der Waals surface area contributed by atoms with Crippen molar-refractivity contribution in [1.29, 1.82) is 0 Å². The fraction of sp³-hybridized carbons (Fsp3) is 0.176. The maximum Gasteiger partial charge on any atom is 0.337 e. The molecular weight excluding hydrogens is 296 g/mol. The van der Waals surface area contributed by atoms with Crippen LogP contribution in [0, 0.1) is 6.92 Å². The molecule has 0 saturated heterocycles. The SMILES string of the molecule is COC(=O)c1ccc(N=Nc2cc(C(=O)OC)ccc2C)cc1. The molecule has 0 aliphatic heterocycles. The number of benzene rings is 2. The zero-order chi connectivity index (χ0) is 16.8. The molecule has 0 amide bonds. The van der Waals surface area contributed by atoms with Gasteiger partial charge in [-0.1, -0.05) is 6.07 Å². The third-order valence-electron chi connectivity index (χ3n) is 3.19. The number of aryl methyl sites for hydroxylation is 1. The smallest absolute Gasteiger partial charge is 0.337 e. The van der Waals surface area contributed by atoms with Crippen LogP contribution < -0.4 is 0 Å². The van der Waals surface area contributed by atoms with Crippen LogP contribution in [0.15, 0.2) is 52.7 Å². The maximum atomic E-state index is 11.5. The highest BCUT2D eigenvalue weighted by molar-refractivity contribution is 5.90. The van der Waals surface area contributed by atoms with E-state index in [-0.39, 0.29) is 0 Å². The normalized spacial score (nSPS) is 10.6. The van der Waals surface area contributed by atoms with Crippen molar-refractivity contribution in [3.63, 3.8) is 0 Å². The summed E-state index contributed by atoms with van der Waals surface area (Å²) >= 11 is 0. The van der Waals surface area contributed by atoms with Gasteiger partial charge in [-0.2, -0.15) is 10.2 Å². The molecular formula is C17H16N2O4. The van der Waals surface area contributed by atoms with Gasteiger partial charge in [0.1, 0.15) is 0 Å². The van der Waals surface area contributed by atoms with E-state index in [1.54, 1.807) is 42.5 Å². The van der Waals surface area contributed by atoms with Crippen LogP contribution in [0.5, 0.6) is 0 Å². The Kier molecular flexibility index (Phi) is 5.19. The third kappa shape index (κ3) is 4.00. The second-order valence-corrected chi connectivity index (χ2v) is 4.73. The Morgan fingerprint density at radius 2 is 1.39 bits per heavy atom. The molecule has 0 aliphatic carbocycles. The number of carbonyl (C=O) groups is 2. The lowest BCUT2D eigenvalue weighted by molar-refractivity contribution is 0.0592. The summed E-state index contributed by atoms with van der Waals surface area (Å²) in [4.78, 5) is 22.9. The first-order valence-electron chi connectivity index (χ1n) is 6.84. The van der Waals surface area contributed by atoms with Gasteiger partial charge in [-0.3, -0.25) is 0 Å². The molecule has 6 nitrogen and oxygen atoms in total. The summed E-state index contributed by atoms with van der Waals surface area (Å²) in [7, 11) is 2.65. The molecule has 0 radical (unpaired) electrons. The van der Waals surface area contributed by atoms with E-state index in [4.69, 9.17) is 0 Å². The van der Waals surface area contributed by atoms with Gasteiger partial charge < -0.3 is 9.47 Å². The third-order valence-corrected chi connectivity index (χ3v) is 3.19. The molecule has 2 aromatic rings. The van der Waals surface area contributed by atoms with Gasteiger partial charge >= 0.3 is 11.9 Å². The fourth-order valence-electron chi connectivity index (χ4n) is 1.86. The molecule has 2 rings (SSSR count). The zero-order valence-electron chi connectivity index (χ0n) is 13.1. The molecule has 6 heteroatoms. The van der Waals surface area contributed by atoms with Gasteiger partial charge in [0.15, 0.2) is 0 Å². The Balaban J connectivity index is 2.22. The largest absolute Gasteiger partial charge is 0.465 e. The average molecular weight is 312 g/mol. The van der Waals surface area contributed by atoms with E-state index in [1.165, 1.54) is 14.2 Å². The van der Waals surface area contributed by atoms with Crippen LogP contribution in [0.25, 0.3) is 0 Å². The minimum absolute atomic E-state index is 0.407. The lowest BCUT2D eigenvalue weighted by atomic mass is 10.1. The standard InChI is InChI=1S/C17H16N2O4/c1-11-4-5-13(17(21)23-3)10-15(11)19-18-14-8-6-12(7-9-14)16(20)22-2/h4-10H,1-3H3. The van der Waals surface area contributed by atoms with E-state index in [1.807, 2.05) is 6.92 Å². The highest BCUT2D eigenvalue weighted by Gasteiger charge is 2.08. The van der Waals surface area contributed by atoms with Crippen LogP contribution in [-0.4, -0.2) is 26.2 Å². The number of esters is 2. The van der Waals surface area contributed by atoms with Crippen molar-refractivity contribution in [2.24, 2.45) is 10.2 Å². The van der Waals surface area contributed by atoms with Crippen LogP contribution in [0.1, 0.15) is 26.3 Å². The van der Waals surface area contributed by atoms with Crippen molar-refractivity contribution in [3.8, 4) is 0 Å². The van der Waals surface area contributed by atoms with Gasteiger partial charge in [0.25, 0.3) is 0 Å². The summed E-state index contributed by atoms with van der Waals surface area (Å²) in [5.41, 5.74) is 2.89. The molecule has 23 heavy (non-hydrogen) atoms. The quantitative estimate of drug-likeness (QED) is 0.632. The summed E-state index contributed by atoms with van der Waals surface area (Å²) < 4.78 is 9.32. The molecule has 0 aliphatic rings. The Hall–Kier alpha value is -3.02. The Morgan fingerprint density at radius 1 is 0.826 bits per heavy atom. The van der Waals surface area contributed by atoms with Gasteiger partial charge in [0.2, 0.25) is 0 Å². The molecule has 0 heterocycles. The van der Waals surface area contributed by atoms with Crippen molar-refractivity contribution in [2.45, 2.75) is 6.92 Å². The minimum atomic E-state index is -0.427. The van der Waals surface area contributed by atoms with Gasteiger partial charge in [0.05, 0.1) is 36.7 Å². The summed E-state index contributed by atoms with van der Waals surface area (Å²) in [5, 5.41) is 8.26. The van der Waals surface area contributed by atoms with Crippen molar-refractivity contribution >= 4 is 23.3 Å². The number of methoxy groups -OCH3 is 2. The van der Waals surface area contributed by atoms with Crippen molar-refractivity contribution in [2.75, 3.05) is 14.2 Å². The number of rotatable bonds is 4. The second-order valence-electron chi connectivity index (χ2n) is 4.73. The molecule has 0 aromatic heterocycles. The summed E-state index contributed by atoms with van der Waals surface area (Å²) in [5.74, 6) is -0.834. The number of azo groups is 1. The number of nitrogens with zero attached hydrogens (tertiary/aromatic N) is 2. The molecule has 0 spiro atoms. The minimum Gasteiger partial charge on any atom is -0.465 e. The molecule has 0 atom stereocenters. The van der Waals surface area contributed by atoms with E-state index in [0.717, 1.165) is 5.56 Å². The van der Waals surface area contributed by atoms with E-state index >= 15 is 0 Å². The molecule has 0 saturated carbocycles. The monoisotopic (exact) mass is 312 g/mol. The molecule has 118 valence electrons. The van der Waals surface area contributed by atoms with E-state index in [0.29, 0.717) is 22.5 Å². The first-order valence-corrected chi connectivity index (χ1v) is 6.84. The lowest BCUT2D eigenvalue weighted by Crippen LogP contribution is -2.00. The number of hydrogen-bond acceptors (Lipinski definition) is 6. The first-order chi connectivity index (χ1) is 11.0. The van der Waals surface area contributed by atoms with Crippen LogP contribution >= 0.6 is 0 Å². The molecule has 0 N–H and O–H groups in total. The fourth-order valence-corrected chi connectivity index (χ4v) is 1.86. The number of ether oxygens (including phenoxy) is 2. The molecule has 2 aromatic carbocycles. The average Bonchev–Trinajstić information content (AvgIpc) is 2.60. The second kappa shape index (κ2) is 7.31. The van der Waals surface area contributed by atoms with Gasteiger partial charge in [-0.25, -0.2) is 9.59 Å². The topological polar surface area (TPSA) is 77.3 Å². The van der Waals surface area contributed by atoms with Crippen LogP contribution in [-0.2, 0) is 9.47 Å². The summed E-state index contributed by atoms with van der Waals surface area (Å²) in [6.07, 6.45) is 0. The van der Waals surface area contributed by atoms with Crippen molar-refractivity contribution in [3.05, 3.63) is 59.2 Å². The predicted molar refractivity (Wildman–Crippen MR) is 84.5 cm³/mol. The Labute approximate surface area is 133 Å². The van der Waals surface area contributed by atoms with Crippen LogP contribution in [0.4, 0.5) is 11.4 Å². The van der Waals surface area contributed by atoms with E-state index < -0.39 is 11.9 Å². The van der Waals surface area contributed by atoms with Gasteiger partial charge in [-0.15, -0.1) is 0 Å². The summed E-state index contributed by atoms with van der Waals surface area (Å²) in [6, 6.07) is 11.6. The zero-order valence-corrected chi connectivity index (χ0v) is 13.1. The number of carbonyl (C=O) groups excluding carboxylic acids is 2. The highest BCUT2D eigenvalue weighted by atomic mass is 16.5. The predicted octanol–water partition coefficient (Wildman–Crippen LogP) is 3.98. The molecule has 0 fully saturated rings. The van der Waals surface area contributed by atoms with E-state index in [2.05, 4.69) is 19.7 Å². The lowest BCUT2D eigenvalue weighted by Gasteiger charge is -2.03. The Bertz CT molecular complexity index is 752. The molecule has 0 unspecified atom stereocenters. The van der Waals surface area contributed by atoms with Crippen LogP contribution in [0.2, 0.25) is 0 Å².